The van der Waals surface area contributed by atoms with Crippen molar-refractivity contribution in [2.75, 3.05) is 26.2 Å². The summed E-state index contributed by atoms with van der Waals surface area (Å²) in [6.07, 6.45) is 1.90. The van der Waals surface area contributed by atoms with Crippen LogP contribution in [0.4, 0.5) is 4.39 Å². The van der Waals surface area contributed by atoms with Crippen LogP contribution in [0.3, 0.4) is 0 Å². The second kappa shape index (κ2) is 10.7. The topological polar surface area (TPSA) is 33.1 Å². The molecule has 0 unspecified atom stereocenters. The molecule has 164 valence electrons. The molecule has 0 atom stereocenters. The fraction of sp³-hybridized carbons (Fsp3) is 0.320. The monoisotopic (exact) mass is 440 g/mol. The molecule has 4 nitrogen and oxygen atoms in total. The SMILES string of the molecule is CCN(CC)CCNCc1nccc2c3ccccc3n(Cc3ccc(F)cc3)c12.Cl. The van der Waals surface area contributed by atoms with Gasteiger partial charge < -0.3 is 14.8 Å². The molecule has 2 aromatic heterocycles. The lowest BCUT2D eigenvalue weighted by Crippen LogP contribution is -2.31. The van der Waals surface area contributed by atoms with Gasteiger partial charge in [0.25, 0.3) is 0 Å². The van der Waals surface area contributed by atoms with Crippen molar-refractivity contribution < 1.29 is 4.39 Å². The van der Waals surface area contributed by atoms with Gasteiger partial charge >= 0.3 is 0 Å². The van der Waals surface area contributed by atoms with Crippen LogP contribution in [0.5, 0.6) is 0 Å². The van der Waals surface area contributed by atoms with E-state index < -0.39 is 0 Å². The zero-order valence-corrected chi connectivity index (χ0v) is 19.0. The molecule has 2 heterocycles. The van der Waals surface area contributed by atoms with Crippen LogP contribution in [-0.4, -0.2) is 40.6 Å². The molecule has 0 saturated carbocycles. The number of likely N-dealkylation sites (N-methyl/N-ethyl adjacent to an activating group) is 1. The summed E-state index contributed by atoms with van der Waals surface area (Å²) in [5.74, 6) is -0.208. The average Bonchev–Trinajstić information content (AvgIpc) is 3.10. The van der Waals surface area contributed by atoms with E-state index in [1.807, 2.05) is 18.3 Å². The Bertz CT molecular complexity index is 1120. The first-order valence-corrected chi connectivity index (χ1v) is 10.7. The van der Waals surface area contributed by atoms with E-state index in [1.54, 1.807) is 0 Å². The Labute approximate surface area is 189 Å². The van der Waals surface area contributed by atoms with E-state index in [2.05, 4.69) is 59.0 Å². The molecule has 1 N–H and O–H groups in total. The Morgan fingerprint density at radius 2 is 1.71 bits per heavy atom. The number of aromatic nitrogens is 2. The predicted octanol–water partition coefficient (Wildman–Crippen LogP) is 5.23. The Balaban J connectivity index is 0.00000272. The fourth-order valence-electron chi connectivity index (χ4n) is 4.12. The van der Waals surface area contributed by atoms with Crippen molar-refractivity contribution in [2.24, 2.45) is 0 Å². The third-order valence-electron chi connectivity index (χ3n) is 5.80. The number of nitrogens with one attached hydrogen (secondary N) is 1. The maximum Gasteiger partial charge on any atom is 0.123 e. The van der Waals surface area contributed by atoms with Gasteiger partial charge in [0.1, 0.15) is 5.82 Å². The molecule has 0 aliphatic carbocycles. The van der Waals surface area contributed by atoms with E-state index in [-0.39, 0.29) is 18.2 Å². The number of halogens is 2. The van der Waals surface area contributed by atoms with Crippen LogP contribution in [0.25, 0.3) is 21.8 Å². The maximum absolute atomic E-state index is 13.4. The molecule has 4 rings (SSSR count). The molecule has 0 aliphatic heterocycles. The van der Waals surface area contributed by atoms with Gasteiger partial charge in [-0.1, -0.05) is 44.2 Å². The standard InChI is InChI=1S/C25H29FN4.ClH/c1-3-29(4-2)16-15-27-17-23-25-22(13-14-28-23)21-7-5-6-8-24(21)30(25)18-19-9-11-20(26)12-10-19;/h5-14,27H,3-4,15-18H2,1-2H3;1H. The van der Waals surface area contributed by atoms with E-state index in [9.17, 15) is 4.39 Å². The molecule has 4 aromatic rings. The highest BCUT2D eigenvalue weighted by molar-refractivity contribution is 6.08. The molecular formula is C25H30ClFN4. The number of fused-ring (bicyclic) bond motifs is 3. The average molecular weight is 441 g/mol. The lowest BCUT2D eigenvalue weighted by atomic mass is 10.1. The number of para-hydroxylation sites is 1. The molecule has 0 fully saturated rings. The van der Waals surface area contributed by atoms with Crippen LogP contribution in [0.2, 0.25) is 0 Å². The Morgan fingerprint density at radius 1 is 0.968 bits per heavy atom. The molecular weight excluding hydrogens is 411 g/mol. The fourth-order valence-corrected chi connectivity index (χ4v) is 4.12. The van der Waals surface area contributed by atoms with Gasteiger partial charge in [-0.05, 0) is 42.9 Å². The van der Waals surface area contributed by atoms with Crippen LogP contribution < -0.4 is 5.32 Å². The minimum atomic E-state index is -0.208. The van der Waals surface area contributed by atoms with Crippen LogP contribution in [0.15, 0.2) is 60.8 Å². The summed E-state index contributed by atoms with van der Waals surface area (Å²) in [5, 5.41) is 6.00. The van der Waals surface area contributed by atoms with Crippen molar-refractivity contribution in [1.29, 1.82) is 0 Å². The molecule has 31 heavy (non-hydrogen) atoms. The van der Waals surface area contributed by atoms with Crippen molar-refractivity contribution in [3.05, 3.63) is 77.9 Å². The Morgan fingerprint density at radius 3 is 2.45 bits per heavy atom. The van der Waals surface area contributed by atoms with Gasteiger partial charge in [-0.2, -0.15) is 0 Å². The van der Waals surface area contributed by atoms with Gasteiger partial charge in [-0.3, -0.25) is 4.98 Å². The molecule has 0 bridgehead atoms. The minimum absolute atomic E-state index is 0. The molecule has 0 aliphatic rings. The van der Waals surface area contributed by atoms with Crippen LogP contribution in [0.1, 0.15) is 25.1 Å². The normalized spacial score (nSPS) is 11.4. The summed E-state index contributed by atoms with van der Waals surface area (Å²) < 4.78 is 15.7. The van der Waals surface area contributed by atoms with Gasteiger partial charge in [-0.15, -0.1) is 12.4 Å². The number of pyridine rings is 1. The zero-order chi connectivity index (χ0) is 20.9. The van der Waals surface area contributed by atoms with E-state index in [0.717, 1.165) is 49.5 Å². The van der Waals surface area contributed by atoms with Crippen molar-refractivity contribution in [2.45, 2.75) is 26.9 Å². The van der Waals surface area contributed by atoms with Gasteiger partial charge in [0, 0.05) is 48.7 Å². The largest absolute Gasteiger partial charge is 0.334 e. The zero-order valence-electron chi connectivity index (χ0n) is 18.1. The quantitative estimate of drug-likeness (QED) is 0.362. The number of hydrogen-bond acceptors (Lipinski definition) is 3. The van der Waals surface area contributed by atoms with Crippen molar-refractivity contribution in [1.82, 2.24) is 19.8 Å². The molecule has 0 spiro atoms. The highest BCUT2D eigenvalue weighted by atomic mass is 35.5. The van der Waals surface area contributed by atoms with Crippen molar-refractivity contribution in [3.63, 3.8) is 0 Å². The highest BCUT2D eigenvalue weighted by Crippen LogP contribution is 2.31. The summed E-state index contributed by atoms with van der Waals surface area (Å²) in [6.45, 7) is 9.88. The first-order chi connectivity index (χ1) is 14.7. The molecule has 2 aromatic carbocycles. The predicted molar refractivity (Wildman–Crippen MR) is 129 cm³/mol. The maximum atomic E-state index is 13.4. The summed E-state index contributed by atoms with van der Waals surface area (Å²) in [7, 11) is 0. The third-order valence-corrected chi connectivity index (χ3v) is 5.80. The minimum Gasteiger partial charge on any atom is -0.334 e. The lowest BCUT2D eigenvalue weighted by Gasteiger charge is -2.18. The number of rotatable bonds is 9. The number of benzene rings is 2. The van der Waals surface area contributed by atoms with E-state index in [4.69, 9.17) is 4.98 Å². The molecule has 0 saturated heterocycles. The van der Waals surface area contributed by atoms with Gasteiger partial charge in [-0.25, -0.2) is 4.39 Å². The van der Waals surface area contributed by atoms with Gasteiger partial charge in [0.15, 0.2) is 0 Å². The second-order valence-electron chi connectivity index (χ2n) is 7.59. The first kappa shape index (κ1) is 23.2. The number of nitrogens with zero attached hydrogens (tertiary/aromatic N) is 3. The summed E-state index contributed by atoms with van der Waals surface area (Å²) in [6, 6.07) is 17.3. The first-order valence-electron chi connectivity index (χ1n) is 10.7. The summed E-state index contributed by atoms with van der Waals surface area (Å²) in [5.41, 5.74) is 4.45. The molecule has 0 amide bonds. The molecule has 0 radical (unpaired) electrons. The third kappa shape index (κ3) is 5.06. The second-order valence-corrected chi connectivity index (χ2v) is 7.59. The Hall–Kier alpha value is -2.47. The van der Waals surface area contributed by atoms with Crippen molar-refractivity contribution >= 4 is 34.2 Å². The highest BCUT2D eigenvalue weighted by Gasteiger charge is 2.15. The summed E-state index contributed by atoms with van der Waals surface area (Å²) >= 11 is 0. The van der Waals surface area contributed by atoms with E-state index in [1.165, 1.54) is 28.4 Å². The number of hydrogen-bond donors (Lipinski definition) is 1. The lowest BCUT2D eigenvalue weighted by molar-refractivity contribution is 0.302. The van der Waals surface area contributed by atoms with E-state index in [0.29, 0.717) is 6.54 Å². The van der Waals surface area contributed by atoms with Gasteiger partial charge in [0.05, 0.1) is 11.2 Å². The van der Waals surface area contributed by atoms with Crippen molar-refractivity contribution in [3.8, 4) is 0 Å². The van der Waals surface area contributed by atoms with E-state index >= 15 is 0 Å². The Kier molecular flexibility index (Phi) is 8.02. The van der Waals surface area contributed by atoms with Gasteiger partial charge in [0.2, 0.25) is 0 Å². The molecule has 6 heteroatoms. The smallest absolute Gasteiger partial charge is 0.123 e. The van der Waals surface area contributed by atoms with Crippen LogP contribution >= 0.6 is 12.4 Å². The van der Waals surface area contributed by atoms with Crippen LogP contribution in [0, 0.1) is 5.82 Å². The van der Waals surface area contributed by atoms with Crippen LogP contribution in [-0.2, 0) is 13.1 Å². The summed E-state index contributed by atoms with van der Waals surface area (Å²) in [4.78, 5) is 7.13.